The molecule has 0 aliphatic carbocycles. The molecule has 0 aromatic heterocycles. The zero-order valence-electron chi connectivity index (χ0n) is 11.1. The van der Waals surface area contributed by atoms with Crippen molar-refractivity contribution >= 4 is 0 Å². The first-order valence-corrected chi connectivity index (χ1v) is 6.34. The molecule has 0 spiro atoms. The predicted molar refractivity (Wildman–Crippen MR) is 66.3 cm³/mol. The van der Waals surface area contributed by atoms with Crippen LogP contribution in [0, 0.1) is 20.2 Å². The molecule has 106 valence electrons. The van der Waals surface area contributed by atoms with Gasteiger partial charge in [0.05, 0.1) is 0 Å². The summed E-state index contributed by atoms with van der Waals surface area (Å²) in [6.07, 6.45) is 6.44. The van der Waals surface area contributed by atoms with Crippen LogP contribution < -0.4 is 0 Å². The molecule has 0 amide bonds. The third-order valence-corrected chi connectivity index (χ3v) is 2.99. The average Bonchev–Trinajstić information content (AvgIpc) is 2.31. The van der Waals surface area contributed by atoms with E-state index in [1.54, 1.807) is 0 Å². The highest BCUT2D eigenvalue weighted by Crippen LogP contribution is 2.20. The van der Waals surface area contributed by atoms with E-state index in [0.717, 1.165) is 25.7 Å². The van der Waals surface area contributed by atoms with Crippen molar-refractivity contribution in [2.75, 3.05) is 6.61 Å². The minimum Gasteiger partial charge on any atom is -0.306 e. The average molecular weight is 262 g/mol. The quantitative estimate of drug-likeness (QED) is 0.324. The molecule has 0 aliphatic heterocycles. The van der Waals surface area contributed by atoms with Crippen LogP contribution in [0.15, 0.2) is 0 Å². The molecule has 0 rings (SSSR count). The zero-order valence-corrected chi connectivity index (χ0v) is 11.1. The van der Waals surface area contributed by atoms with Crippen LogP contribution >= 0.6 is 0 Å². The van der Waals surface area contributed by atoms with Crippen LogP contribution in [0.5, 0.6) is 0 Å². The van der Waals surface area contributed by atoms with E-state index in [9.17, 15) is 20.2 Å². The Kier molecular flexibility index (Phi) is 7.98. The maximum absolute atomic E-state index is 10.9. The maximum atomic E-state index is 10.9. The van der Waals surface area contributed by atoms with Gasteiger partial charge in [-0.3, -0.25) is 10.1 Å². The van der Waals surface area contributed by atoms with Crippen LogP contribution in [-0.2, 0) is 4.84 Å². The summed E-state index contributed by atoms with van der Waals surface area (Å²) >= 11 is 0. The van der Waals surface area contributed by atoms with E-state index in [4.69, 9.17) is 0 Å². The lowest BCUT2D eigenvalue weighted by atomic mass is 9.95. The van der Waals surface area contributed by atoms with Crippen molar-refractivity contribution in [1.29, 1.82) is 0 Å². The molecule has 0 saturated carbocycles. The molecule has 0 aromatic carbocycles. The van der Waals surface area contributed by atoms with Gasteiger partial charge in [0.25, 0.3) is 5.09 Å². The summed E-state index contributed by atoms with van der Waals surface area (Å²) in [7, 11) is 0. The van der Waals surface area contributed by atoms with Crippen molar-refractivity contribution in [2.45, 2.75) is 64.3 Å². The molecule has 1 unspecified atom stereocenters. The summed E-state index contributed by atoms with van der Waals surface area (Å²) in [5.74, 6) is 0. The molecule has 0 radical (unpaired) electrons. The third-order valence-electron chi connectivity index (χ3n) is 2.99. The van der Waals surface area contributed by atoms with E-state index < -0.39 is 22.2 Å². The van der Waals surface area contributed by atoms with Gasteiger partial charge in [0.1, 0.15) is 0 Å². The van der Waals surface area contributed by atoms with E-state index in [2.05, 4.69) is 11.8 Å². The number of nitro groups is 1. The highest BCUT2D eigenvalue weighted by atomic mass is 17.0. The SMILES string of the molecule is CCCCCCCCC(C)(CO[N+](=O)[O-])[N+](=O)[O-]. The molecule has 0 aliphatic rings. The summed E-state index contributed by atoms with van der Waals surface area (Å²) in [4.78, 5) is 24.6. The molecule has 0 N–H and O–H groups in total. The first-order chi connectivity index (χ1) is 8.42. The molecule has 7 heteroatoms. The van der Waals surface area contributed by atoms with Gasteiger partial charge in [0.2, 0.25) is 5.54 Å². The minimum absolute atomic E-state index is 0.306. The van der Waals surface area contributed by atoms with Gasteiger partial charge < -0.3 is 4.84 Å². The molecular formula is C11H22N2O5. The van der Waals surface area contributed by atoms with E-state index in [1.165, 1.54) is 13.3 Å². The largest absolute Gasteiger partial charge is 0.306 e. The molecule has 18 heavy (non-hydrogen) atoms. The van der Waals surface area contributed by atoms with Crippen molar-refractivity contribution in [3.05, 3.63) is 20.2 Å². The Morgan fingerprint density at radius 3 is 2.11 bits per heavy atom. The second kappa shape index (κ2) is 8.66. The van der Waals surface area contributed by atoms with Crippen molar-refractivity contribution in [2.24, 2.45) is 0 Å². The third kappa shape index (κ3) is 7.03. The van der Waals surface area contributed by atoms with Gasteiger partial charge in [-0.1, -0.05) is 39.0 Å². The van der Waals surface area contributed by atoms with E-state index in [1.807, 2.05) is 0 Å². The molecule has 0 bridgehead atoms. The Balaban J connectivity index is 3.95. The normalized spacial score (nSPS) is 13.9. The first kappa shape index (κ1) is 16.6. The molecule has 7 nitrogen and oxygen atoms in total. The van der Waals surface area contributed by atoms with Gasteiger partial charge in [0.15, 0.2) is 6.61 Å². The number of unbranched alkanes of at least 4 members (excludes halogenated alkanes) is 5. The summed E-state index contributed by atoms with van der Waals surface area (Å²) in [5.41, 5.74) is -1.36. The number of nitrogens with zero attached hydrogens (tertiary/aromatic N) is 2. The standard InChI is InChI=1S/C11H22N2O5/c1-3-4-5-6-7-8-9-11(2,12(14)15)10-18-13(16)17/h3-10H2,1-2H3. The van der Waals surface area contributed by atoms with Gasteiger partial charge in [-0.25, -0.2) is 0 Å². The van der Waals surface area contributed by atoms with Gasteiger partial charge >= 0.3 is 0 Å². The van der Waals surface area contributed by atoms with Crippen molar-refractivity contribution in [3.63, 3.8) is 0 Å². The highest BCUT2D eigenvalue weighted by Gasteiger charge is 2.37. The Hall–Kier alpha value is -1.40. The van der Waals surface area contributed by atoms with Gasteiger partial charge in [-0.05, 0) is 6.42 Å². The molecule has 0 heterocycles. The van der Waals surface area contributed by atoms with E-state index >= 15 is 0 Å². The first-order valence-electron chi connectivity index (χ1n) is 6.34. The van der Waals surface area contributed by atoms with Gasteiger partial charge in [-0.15, -0.1) is 10.1 Å². The van der Waals surface area contributed by atoms with Crippen molar-refractivity contribution in [3.8, 4) is 0 Å². The molecule has 0 saturated heterocycles. The zero-order chi connectivity index (χ0) is 14.0. The summed E-state index contributed by atoms with van der Waals surface area (Å²) in [6.45, 7) is 3.03. The maximum Gasteiger partial charge on any atom is 0.294 e. The summed E-state index contributed by atoms with van der Waals surface area (Å²) in [6, 6.07) is 0. The molecule has 0 aromatic rings. The second-order valence-electron chi connectivity index (χ2n) is 4.77. The molecule has 1 atom stereocenters. The Bertz CT molecular complexity index is 272. The Labute approximate surface area is 107 Å². The van der Waals surface area contributed by atoms with Crippen LogP contribution in [0.2, 0.25) is 0 Å². The molecular weight excluding hydrogens is 240 g/mol. The van der Waals surface area contributed by atoms with E-state index in [0.29, 0.717) is 12.8 Å². The molecule has 0 fully saturated rings. The predicted octanol–water partition coefficient (Wildman–Crippen LogP) is 2.98. The number of rotatable bonds is 11. The summed E-state index contributed by atoms with van der Waals surface area (Å²) < 4.78 is 0. The number of hydrogen-bond donors (Lipinski definition) is 0. The van der Waals surface area contributed by atoms with Gasteiger partial charge in [-0.2, -0.15) is 0 Å². The Morgan fingerprint density at radius 1 is 1.06 bits per heavy atom. The second-order valence-corrected chi connectivity index (χ2v) is 4.77. The lowest BCUT2D eigenvalue weighted by Crippen LogP contribution is -2.40. The summed E-state index contributed by atoms with van der Waals surface area (Å²) in [5, 5.41) is 20.0. The van der Waals surface area contributed by atoms with Crippen LogP contribution in [0.4, 0.5) is 0 Å². The fourth-order valence-electron chi connectivity index (χ4n) is 1.69. The van der Waals surface area contributed by atoms with Crippen molar-refractivity contribution < 1.29 is 14.8 Å². The highest BCUT2D eigenvalue weighted by molar-refractivity contribution is 4.72. The fraction of sp³-hybridized carbons (Fsp3) is 1.00. The van der Waals surface area contributed by atoms with Crippen LogP contribution in [-0.4, -0.2) is 22.2 Å². The Morgan fingerprint density at radius 2 is 1.61 bits per heavy atom. The minimum atomic E-state index is -1.36. The van der Waals surface area contributed by atoms with Crippen LogP contribution in [0.3, 0.4) is 0 Å². The topological polar surface area (TPSA) is 95.5 Å². The lowest BCUT2D eigenvalue weighted by molar-refractivity contribution is -0.770. The number of hydrogen-bond acceptors (Lipinski definition) is 5. The van der Waals surface area contributed by atoms with Crippen LogP contribution in [0.25, 0.3) is 0 Å². The van der Waals surface area contributed by atoms with Crippen molar-refractivity contribution in [1.82, 2.24) is 0 Å². The lowest BCUT2D eigenvalue weighted by Gasteiger charge is -2.19. The van der Waals surface area contributed by atoms with Crippen LogP contribution in [0.1, 0.15) is 58.8 Å². The monoisotopic (exact) mass is 262 g/mol. The van der Waals surface area contributed by atoms with E-state index in [-0.39, 0.29) is 0 Å². The fourth-order valence-corrected chi connectivity index (χ4v) is 1.69. The smallest absolute Gasteiger partial charge is 0.294 e. The van der Waals surface area contributed by atoms with Gasteiger partial charge in [0, 0.05) is 18.3 Å².